The van der Waals surface area contributed by atoms with Gasteiger partial charge in [0.15, 0.2) is 0 Å². The van der Waals surface area contributed by atoms with E-state index in [-0.39, 0.29) is 17.3 Å². The van der Waals surface area contributed by atoms with Gasteiger partial charge < -0.3 is 4.52 Å². The van der Waals surface area contributed by atoms with Crippen molar-refractivity contribution in [2.24, 2.45) is 11.3 Å². The van der Waals surface area contributed by atoms with E-state index in [0.717, 1.165) is 21.2 Å². The number of hydrogen-bond acceptors (Lipinski definition) is 4. The summed E-state index contributed by atoms with van der Waals surface area (Å²) in [5, 5.41) is 13.2. The van der Waals surface area contributed by atoms with Crippen molar-refractivity contribution in [3.63, 3.8) is 0 Å². The topological polar surface area (TPSA) is 62.7 Å². The van der Waals surface area contributed by atoms with Gasteiger partial charge in [0.1, 0.15) is 0 Å². The van der Waals surface area contributed by atoms with E-state index >= 15 is 0 Å². The number of aromatic nitrogens is 2. The van der Waals surface area contributed by atoms with Crippen LogP contribution < -0.4 is 0 Å². The summed E-state index contributed by atoms with van der Waals surface area (Å²) in [5.41, 5.74) is 3.13. The molecule has 2 atom stereocenters. The van der Waals surface area contributed by atoms with Crippen molar-refractivity contribution in [2.45, 2.75) is 33.6 Å². The molecule has 108 valence electrons. The number of benzene rings is 1. The molecular formula is C16H16BrN3O. The van der Waals surface area contributed by atoms with E-state index in [1.807, 2.05) is 26.0 Å². The largest absolute Gasteiger partial charge is 0.339 e. The van der Waals surface area contributed by atoms with E-state index in [2.05, 4.69) is 46.0 Å². The lowest BCUT2D eigenvalue weighted by Gasteiger charge is -2.04. The zero-order valence-electron chi connectivity index (χ0n) is 12.4. The summed E-state index contributed by atoms with van der Waals surface area (Å²) in [5.74, 6) is 1.16. The molecule has 0 radical (unpaired) electrons. The minimum atomic E-state index is -0.0793. The molecule has 1 aliphatic carbocycles. The number of nitrogens with zero attached hydrogens (tertiary/aromatic N) is 3. The first-order valence-corrected chi connectivity index (χ1v) is 7.66. The molecule has 1 aliphatic rings. The van der Waals surface area contributed by atoms with Crippen LogP contribution in [0.2, 0.25) is 0 Å². The molecule has 4 nitrogen and oxygen atoms in total. The van der Waals surface area contributed by atoms with Crippen molar-refractivity contribution >= 4 is 15.9 Å². The van der Waals surface area contributed by atoms with Gasteiger partial charge in [-0.25, -0.2) is 0 Å². The Morgan fingerprint density at radius 2 is 1.90 bits per heavy atom. The lowest BCUT2D eigenvalue weighted by molar-refractivity contribution is 0.368. The van der Waals surface area contributed by atoms with Crippen molar-refractivity contribution in [2.75, 3.05) is 0 Å². The van der Waals surface area contributed by atoms with Gasteiger partial charge in [-0.2, -0.15) is 10.2 Å². The highest BCUT2D eigenvalue weighted by Gasteiger charge is 2.62. The molecule has 1 aromatic heterocycles. The van der Waals surface area contributed by atoms with Gasteiger partial charge in [-0.05, 0) is 42.5 Å². The van der Waals surface area contributed by atoms with E-state index < -0.39 is 0 Å². The smallest absolute Gasteiger partial charge is 0.232 e. The first kappa shape index (κ1) is 14.3. The molecule has 0 bridgehead atoms. The second kappa shape index (κ2) is 4.67. The van der Waals surface area contributed by atoms with Gasteiger partial charge in [0.2, 0.25) is 11.7 Å². The fourth-order valence-corrected chi connectivity index (χ4v) is 3.12. The lowest BCUT2D eigenvalue weighted by Crippen LogP contribution is -1.91. The van der Waals surface area contributed by atoms with E-state index in [1.54, 1.807) is 0 Å². The summed E-state index contributed by atoms with van der Waals surface area (Å²) >= 11 is 3.56. The van der Waals surface area contributed by atoms with Crippen LogP contribution in [0.1, 0.15) is 36.8 Å². The monoisotopic (exact) mass is 345 g/mol. The average Bonchev–Trinajstić information content (AvgIpc) is 2.78. The summed E-state index contributed by atoms with van der Waals surface area (Å²) in [6.45, 7) is 8.20. The molecule has 2 unspecified atom stereocenters. The minimum Gasteiger partial charge on any atom is -0.339 e. The Morgan fingerprint density at radius 3 is 2.43 bits per heavy atom. The second-order valence-corrected chi connectivity index (χ2v) is 7.08. The van der Waals surface area contributed by atoms with Gasteiger partial charge in [-0.1, -0.05) is 34.9 Å². The molecule has 3 rings (SSSR count). The zero-order valence-corrected chi connectivity index (χ0v) is 14.0. The van der Waals surface area contributed by atoms with Crippen LogP contribution in [0.5, 0.6) is 0 Å². The number of rotatable bonds is 2. The Kier molecular flexibility index (Phi) is 3.18. The first-order valence-electron chi connectivity index (χ1n) is 6.86. The maximum atomic E-state index is 9.16. The fourth-order valence-electron chi connectivity index (χ4n) is 2.89. The quantitative estimate of drug-likeness (QED) is 0.810. The normalized spacial score (nSPS) is 22.9. The summed E-state index contributed by atoms with van der Waals surface area (Å²) < 4.78 is 6.50. The molecule has 1 heterocycles. The molecule has 21 heavy (non-hydrogen) atoms. The average molecular weight is 346 g/mol. The standard InChI is InChI=1S/C16H16BrN3O/c1-8-5-10(6-9(2)13(8)17)14-19-15(21-20-14)12-11(7-18)16(12,3)4/h5-6,11-12H,1-4H3. The van der Waals surface area contributed by atoms with Crippen molar-refractivity contribution in [1.82, 2.24) is 10.1 Å². The van der Waals surface area contributed by atoms with E-state index in [9.17, 15) is 0 Å². The predicted molar refractivity (Wildman–Crippen MR) is 82.5 cm³/mol. The molecule has 1 fully saturated rings. The molecule has 0 N–H and O–H groups in total. The zero-order chi connectivity index (χ0) is 15.4. The number of nitriles is 1. The maximum absolute atomic E-state index is 9.16. The van der Waals surface area contributed by atoms with E-state index in [1.165, 1.54) is 0 Å². The molecule has 1 aromatic carbocycles. The highest BCUT2D eigenvalue weighted by atomic mass is 79.9. The summed E-state index contributed by atoms with van der Waals surface area (Å²) in [6, 6.07) is 6.39. The third-order valence-corrected chi connectivity index (χ3v) is 5.62. The maximum Gasteiger partial charge on any atom is 0.232 e. The van der Waals surface area contributed by atoms with Crippen LogP contribution in [0.25, 0.3) is 11.4 Å². The third kappa shape index (κ3) is 2.18. The van der Waals surface area contributed by atoms with Crippen LogP contribution in [0, 0.1) is 36.5 Å². The van der Waals surface area contributed by atoms with Gasteiger partial charge in [0, 0.05) is 10.0 Å². The van der Waals surface area contributed by atoms with Gasteiger partial charge in [0.25, 0.3) is 0 Å². The van der Waals surface area contributed by atoms with Crippen LogP contribution in [-0.2, 0) is 0 Å². The molecular weight excluding hydrogens is 330 g/mol. The van der Waals surface area contributed by atoms with Crippen LogP contribution in [0.3, 0.4) is 0 Å². The van der Waals surface area contributed by atoms with Crippen LogP contribution in [0.15, 0.2) is 21.1 Å². The van der Waals surface area contributed by atoms with Crippen LogP contribution >= 0.6 is 15.9 Å². The van der Waals surface area contributed by atoms with Gasteiger partial charge in [-0.15, -0.1) is 0 Å². The second-order valence-electron chi connectivity index (χ2n) is 6.29. The number of aryl methyl sites for hydroxylation is 2. The molecule has 2 aromatic rings. The predicted octanol–water partition coefficient (Wildman–Crippen LogP) is 4.38. The Morgan fingerprint density at radius 1 is 1.29 bits per heavy atom. The van der Waals surface area contributed by atoms with Crippen molar-refractivity contribution in [3.05, 3.63) is 33.6 Å². The van der Waals surface area contributed by atoms with Gasteiger partial charge in [0.05, 0.1) is 17.9 Å². The van der Waals surface area contributed by atoms with E-state index in [0.29, 0.717) is 11.7 Å². The molecule has 5 heteroatoms. The third-order valence-electron chi connectivity index (χ3n) is 4.37. The molecule has 0 amide bonds. The molecule has 0 spiro atoms. The summed E-state index contributed by atoms with van der Waals surface area (Å²) in [4.78, 5) is 4.50. The van der Waals surface area contributed by atoms with Crippen LogP contribution in [-0.4, -0.2) is 10.1 Å². The number of halogens is 1. The highest BCUT2D eigenvalue weighted by Crippen LogP contribution is 2.63. The lowest BCUT2D eigenvalue weighted by atomic mass is 10.1. The van der Waals surface area contributed by atoms with Gasteiger partial charge in [-0.3, -0.25) is 0 Å². The van der Waals surface area contributed by atoms with E-state index in [4.69, 9.17) is 9.78 Å². The first-order chi connectivity index (χ1) is 9.86. The van der Waals surface area contributed by atoms with Gasteiger partial charge >= 0.3 is 0 Å². The Hall–Kier alpha value is -1.67. The van der Waals surface area contributed by atoms with Crippen LogP contribution in [0.4, 0.5) is 0 Å². The molecule has 0 saturated heterocycles. The van der Waals surface area contributed by atoms with Crippen molar-refractivity contribution in [1.29, 1.82) is 5.26 Å². The van der Waals surface area contributed by atoms with Crippen molar-refractivity contribution in [3.8, 4) is 17.5 Å². The Bertz CT molecular complexity index is 734. The highest BCUT2D eigenvalue weighted by molar-refractivity contribution is 9.10. The minimum absolute atomic E-state index is 0.0424. The number of hydrogen-bond donors (Lipinski definition) is 0. The Balaban J connectivity index is 1.95. The molecule has 1 saturated carbocycles. The fraction of sp³-hybridized carbons (Fsp3) is 0.438. The summed E-state index contributed by atoms with van der Waals surface area (Å²) in [6.07, 6.45) is 0. The Labute approximate surface area is 132 Å². The molecule has 0 aliphatic heterocycles. The SMILES string of the molecule is Cc1cc(-c2noc(C3C(C#N)C3(C)C)n2)cc(C)c1Br. The summed E-state index contributed by atoms with van der Waals surface area (Å²) in [7, 11) is 0. The van der Waals surface area contributed by atoms with Crippen molar-refractivity contribution < 1.29 is 4.52 Å².